The van der Waals surface area contributed by atoms with Crippen molar-refractivity contribution in [3.63, 3.8) is 0 Å². The van der Waals surface area contributed by atoms with Gasteiger partial charge < -0.3 is 56.5 Å². The van der Waals surface area contributed by atoms with Crippen LogP contribution in [0.2, 0.25) is 0 Å². The Balaban J connectivity index is -0.000000100. The van der Waals surface area contributed by atoms with E-state index in [1.807, 2.05) is 26.6 Å². The number of alkyl halides is 1. The number of urea groups is 1. The molecule has 0 rings (SSSR count). The van der Waals surface area contributed by atoms with Crippen LogP contribution in [-0.4, -0.2) is 77.6 Å². The van der Waals surface area contributed by atoms with Crippen molar-refractivity contribution >= 4 is 62.9 Å². The SMILES string of the molecule is C.CBr.C[C@@H]([NH-])CCCC(N)=O.C[C@@H]([NH-])CCCNC(N)=O.C[C@@H]([NH-])CCCNC(N)=S.C[C@@H]([NH-])CSCCC(N)=O. The van der Waals surface area contributed by atoms with Crippen molar-refractivity contribution in [2.24, 2.45) is 22.9 Å². The van der Waals surface area contributed by atoms with Crippen LogP contribution >= 0.6 is 39.9 Å². The first-order valence-corrected chi connectivity index (χ1v) is 16.6. The van der Waals surface area contributed by atoms with Gasteiger partial charge >= 0.3 is 6.03 Å². The van der Waals surface area contributed by atoms with Crippen LogP contribution in [0.1, 0.15) is 86.5 Å². The molecule has 4 atom stereocenters. The first kappa shape index (κ1) is 53.2. The number of carbonyl (C=O) groups excluding carboxylic acids is 3. The number of thioether (sulfide) groups is 1. The largest absolute Gasteiger partial charge is 0.675 e. The van der Waals surface area contributed by atoms with Gasteiger partial charge in [0.2, 0.25) is 11.8 Å². The molecule has 0 saturated carbocycles. The average molecular weight is 706 g/mol. The molecule has 14 N–H and O–H groups in total. The fourth-order valence-electron chi connectivity index (χ4n) is 2.26. The van der Waals surface area contributed by atoms with E-state index in [1.165, 1.54) is 0 Å². The van der Waals surface area contributed by atoms with Crippen LogP contribution in [0, 0.1) is 0 Å². The van der Waals surface area contributed by atoms with Gasteiger partial charge in [-0.3, -0.25) is 9.59 Å². The lowest BCUT2D eigenvalue weighted by Crippen LogP contribution is -2.30. The van der Waals surface area contributed by atoms with E-state index < -0.39 is 6.03 Å². The van der Waals surface area contributed by atoms with Gasteiger partial charge in [0.05, 0.1) is 0 Å². The van der Waals surface area contributed by atoms with E-state index in [0.29, 0.717) is 24.5 Å². The van der Waals surface area contributed by atoms with Crippen molar-refractivity contribution in [3.05, 3.63) is 22.9 Å². The van der Waals surface area contributed by atoms with Crippen molar-refractivity contribution in [2.75, 3.05) is 30.4 Å². The van der Waals surface area contributed by atoms with Crippen LogP contribution in [0.4, 0.5) is 4.79 Å². The maximum absolute atomic E-state index is 10.2. The monoisotopic (exact) mass is 704 g/mol. The fraction of sp³-hybridized carbons (Fsp3) is 0.846. The summed E-state index contributed by atoms with van der Waals surface area (Å²) in [6.45, 7) is 8.71. The summed E-state index contributed by atoms with van der Waals surface area (Å²) < 4.78 is 0. The highest BCUT2D eigenvalue weighted by molar-refractivity contribution is 9.08. The van der Waals surface area contributed by atoms with Crippen LogP contribution < -0.4 is 33.6 Å². The van der Waals surface area contributed by atoms with E-state index in [4.69, 9.17) is 45.9 Å². The third kappa shape index (κ3) is 83.3. The first-order chi connectivity index (χ1) is 19.0. The van der Waals surface area contributed by atoms with Crippen molar-refractivity contribution in [1.29, 1.82) is 0 Å². The second-order valence-corrected chi connectivity index (χ2v) is 10.7. The van der Waals surface area contributed by atoms with E-state index in [-0.39, 0.29) is 43.4 Å². The van der Waals surface area contributed by atoms with Crippen LogP contribution in [0.3, 0.4) is 0 Å². The molecule has 256 valence electrons. The zero-order valence-electron chi connectivity index (χ0n) is 25.5. The number of rotatable bonds is 17. The normalized spacial score (nSPS) is 12.0. The number of carbonyl (C=O) groups is 3. The standard InChI is InChI=1S/C6H14N3O.C6H14N3S.C6H13N2OS.C6H13N2O.CH3Br.CH4/c2*1-5(7)3-2-4-9-6(8)10;1-5(7)4-10-3-2-6(8)9;1-5(7)3-2-4-6(8)9;1-2;/h2*5,7H,2-4H2,1H3,(H3,8,9,10);5,7H,2-4H2,1H3,(H2,8,9);5,7H,2-4H2,1H3,(H2,8,9);1H3;1H4/q4*-1;;/t4*5-;;/m1111../s1. The zero-order chi connectivity index (χ0) is 33.2. The number of hydrogen-bond acceptors (Lipinski definition) is 5. The minimum absolute atomic E-state index is 0. The van der Waals surface area contributed by atoms with Gasteiger partial charge in [0.1, 0.15) is 0 Å². The molecular weight excluding hydrogens is 644 g/mol. The highest BCUT2D eigenvalue weighted by Gasteiger charge is 1.94. The van der Waals surface area contributed by atoms with Crippen molar-refractivity contribution in [1.82, 2.24) is 10.6 Å². The van der Waals surface area contributed by atoms with Crippen molar-refractivity contribution < 1.29 is 14.4 Å². The number of thiocarbonyl (C=S) groups is 1. The molecule has 0 aromatic heterocycles. The van der Waals surface area contributed by atoms with Crippen LogP contribution in [0.25, 0.3) is 22.9 Å². The molecule has 4 amide bonds. The summed E-state index contributed by atoms with van der Waals surface area (Å²) in [4.78, 5) is 30.5. The summed E-state index contributed by atoms with van der Waals surface area (Å²) in [7, 11) is 0. The van der Waals surface area contributed by atoms with E-state index in [1.54, 1.807) is 18.7 Å². The highest BCUT2D eigenvalue weighted by atomic mass is 79.9. The Morgan fingerprint density at radius 2 is 1.10 bits per heavy atom. The van der Waals surface area contributed by atoms with E-state index >= 15 is 0 Å². The van der Waals surface area contributed by atoms with E-state index in [9.17, 15) is 14.4 Å². The summed E-state index contributed by atoms with van der Waals surface area (Å²) in [6.07, 6.45) is 5.86. The fourth-order valence-corrected chi connectivity index (χ4v) is 3.22. The molecular formula is C26H61BrN10O3S2-4. The van der Waals surface area contributed by atoms with E-state index in [0.717, 1.165) is 56.6 Å². The third-order valence-electron chi connectivity index (χ3n) is 4.15. The zero-order valence-corrected chi connectivity index (χ0v) is 28.7. The van der Waals surface area contributed by atoms with Gasteiger partial charge in [-0.05, 0) is 43.1 Å². The number of primary amides is 3. The first-order valence-electron chi connectivity index (χ1n) is 13.4. The molecule has 0 bridgehead atoms. The molecule has 0 aromatic carbocycles. The van der Waals surface area contributed by atoms with Crippen LogP contribution in [0.5, 0.6) is 0 Å². The van der Waals surface area contributed by atoms with Crippen molar-refractivity contribution in [3.8, 4) is 0 Å². The molecule has 0 aliphatic heterocycles. The van der Waals surface area contributed by atoms with Gasteiger partial charge in [0.25, 0.3) is 0 Å². The van der Waals surface area contributed by atoms with Gasteiger partial charge in [-0.1, -0.05) is 70.3 Å². The molecule has 0 spiro atoms. The quantitative estimate of drug-likeness (QED) is 0.0625. The van der Waals surface area contributed by atoms with Gasteiger partial charge in [0.15, 0.2) is 5.11 Å². The minimum atomic E-state index is -0.488. The lowest BCUT2D eigenvalue weighted by molar-refractivity contribution is -0.118. The van der Waals surface area contributed by atoms with E-state index in [2.05, 4.69) is 38.8 Å². The molecule has 16 heteroatoms. The molecule has 0 radical (unpaired) electrons. The maximum atomic E-state index is 10.2. The summed E-state index contributed by atoms with van der Waals surface area (Å²) >= 11 is 9.13. The molecule has 0 unspecified atom stereocenters. The lowest BCUT2D eigenvalue weighted by atomic mass is 10.1. The predicted octanol–water partition coefficient (Wildman–Crippen LogP) is 5.68. The Labute approximate surface area is 274 Å². The van der Waals surface area contributed by atoms with Gasteiger partial charge in [-0.15, -0.1) is 24.2 Å². The minimum Gasteiger partial charge on any atom is -0.675 e. The molecule has 0 aliphatic rings. The Morgan fingerprint density at radius 3 is 1.40 bits per heavy atom. The molecule has 42 heavy (non-hydrogen) atoms. The number of nitrogens with two attached hydrogens (primary N) is 4. The van der Waals surface area contributed by atoms with Crippen LogP contribution in [-0.2, 0) is 9.59 Å². The lowest BCUT2D eigenvalue weighted by Gasteiger charge is -2.12. The smallest absolute Gasteiger partial charge is 0.312 e. The topological polar surface area (TPSA) is 275 Å². The highest BCUT2D eigenvalue weighted by Crippen LogP contribution is 2.05. The summed E-state index contributed by atoms with van der Waals surface area (Å²) in [6, 6.07) is -0.623. The number of nitrogens with one attached hydrogen (secondary N) is 6. The molecule has 0 saturated heterocycles. The van der Waals surface area contributed by atoms with Gasteiger partial charge in [-0.2, -0.15) is 11.8 Å². The number of halogens is 1. The molecule has 13 nitrogen and oxygen atoms in total. The molecule has 0 heterocycles. The summed E-state index contributed by atoms with van der Waals surface area (Å²) in [5.41, 5.74) is 48.3. The Kier molecular flexibility index (Phi) is 52.8. The number of amides is 4. The Morgan fingerprint density at radius 1 is 0.714 bits per heavy atom. The van der Waals surface area contributed by atoms with Crippen molar-refractivity contribution in [2.45, 2.75) is 111 Å². The Hall–Kier alpha value is -1.43. The van der Waals surface area contributed by atoms with Gasteiger partial charge in [-0.25, -0.2) is 4.79 Å². The second kappa shape index (κ2) is 41.7. The number of hydrogen-bond donors (Lipinski definition) is 6. The predicted molar refractivity (Wildman–Crippen MR) is 192 cm³/mol. The summed E-state index contributed by atoms with van der Waals surface area (Å²) in [5.74, 6) is 2.82. The second-order valence-electron chi connectivity index (χ2n) is 9.12. The Bertz CT molecular complexity index is 557. The average Bonchev–Trinajstić information content (AvgIpc) is 2.84. The third-order valence-corrected chi connectivity index (χ3v) is 5.52. The van der Waals surface area contributed by atoms with Crippen LogP contribution in [0.15, 0.2) is 0 Å². The maximum Gasteiger partial charge on any atom is 0.312 e. The summed E-state index contributed by atoms with van der Waals surface area (Å²) in [5, 5.41) is 5.63. The molecule has 0 fully saturated rings. The molecule has 0 aromatic rings. The van der Waals surface area contributed by atoms with Gasteiger partial charge in [0, 0.05) is 31.7 Å². The molecule has 0 aliphatic carbocycles.